The number of carboxylic acids is 1. The van der Waals surface area contributed by atoms with Gasteiger partial charge in [-0.1, -0.05) is 82.8 Å². The summed E-state index contributed by atoms with van der Waals surface area (Å²) in [6, 6.07) is 4.38. The molecule has 342 valence electrons. The van der Waals surface area contributed by atoms with Crippen molar-refractivity contribution in [2.75, 3.05) is 13.2 Å². The molecule has 10 atom stereocenters. The minimum absolute atomic E-state index is 0.00603. The van der Waals surface area contributed by atoms with Gasteiger partial charge >= 0.3 is 23.9 Å². The van der Waals surface area contributed by atoms with Gasteiger partial charge in [0.1, 0.15) is 53.7 Å². The van der Waals surface area contributed by atoms with E-state index in [4.69, 9.17) is 23.7 Å². The Labute approximate surface area is 350 Å². The second-order valence-electron chi connectivity index (χ2n) is 15.4. The van der Waals surface area contributed by atoms with Gasteiger partial charge in [-0.2, -0.15) is 0 Å². The number of Topliss-reactive ketones (excluding diaryl/α,β-unsaturated/α-hetero) is 1. The van der Waals surface area contributed by atoms with Gasteiger partial charge in [0.25, 0.3) is 0 Å². The summed E-state index contributed by atoms with van der Waals surface area (Å²) in [7, 11) is 0. The first-order valence-electron chi connectivity index (χ1n) is 20.9. The van der Waals surface area contributed by atoms with Gasteiger partial charge in [-0.15, -0.1) is 0 Å². The van der Waals surface area contributed by atoms with Crippen LogP contribution >= 0.6 is 0 Å². The number of ether oxygens (including phenoxy) is 5. The van der Waals surface area contributed by atoms with E-state index in [0.717, 1.165) is 97.3 Å². The minimum Gasteiger partial charge on any atom is -0.507 e. The molecule has 60 heavy (non-hydrogen) atoms. The number of rotatable bonds is 30. The number of hydrogen-bond donors (Lipinski definition) is 8. The van der Waals surface area contributed by atoms with Crippen LogP contribution in [0, 0.1) is 0 Å². The third-order valence-electron chi connectivity index (χ3n) is 10.3. The molecule has 0 aliphatic carbocycles. The number of carboxylic acid groups (broad SMARTS) is 1. The number of aromatic hydroxyl groups is 1. The minimum atomic E-state index is -2.19. The lowest BCUT2D eigenvalue weighted by Crippen LogP contribution is -2.62. The van der Waals surface area contributed by atoms with Crippen LogP contribution in [0.25, 0.3) is 0 Å². The number of ketones is 1. The summed E-state index contributed by atoms with van der Waals surface area (Å²) in [5.74, 6) is -4.66. The Morgan fingerprint density at radius 1 is 0.767 bits per heavy atom. The molecule has 0 saturated carbocycles. The normalized spacial score (nSPS) is 21.6. The summed E-state index contributed by atoms with van der Waals surface area (Å²) in [5.41, 5.74) is 0.111. The van der Waals surface area contributed by atoms with E-state index in [1.54, 1.807) is 13.0 Å². The predicted molar refractivity (Wildman–Crippen MR) is 211 cm³/mol. The van der Waals surface area contributed by atoms with Crippen LogP contribution < -0.4 is 0 Å². The molecule has 1 aliphatic heterocycles. The SMILES string of the molecule is CC(=O)OC(C(=O)OC(C)CCCCCCCCCCCCCCCC(=O)Cc1cccc(O)c1C(=O)O)C(O)C(O)C(CO)OC1OC(CO)C(O)C(O)C1OC(C)=O. The Kier molecular flexibility index (Phi) is 24.4. The van der Waals surface area contributed by atoms with E-state index < -0.39 is 98.3 Å². The van der Waals surface area contributed by atoms with Crippen molar-refractivity contribution in [2.45, 2.75) is 185 Å². The smallest absolute Gasteiger partial charge is 0.350 e. The molecule has 0 amide bonds. The number of phenols is 1. The van der Waals surface area contributed by atoms with Crippen LogP contribution in [0.4, 0.5) is 0 Å². The quantitative estimate of drug-likeness (QED) is 0.0313. The van der Waals surface area contributed by atoms with Gasteiger partial charge in [0, 0.05) is 26.7 Å². The van der Waals surface area contributed by atoms with E-state index in [1.165, 1.54) is 12.1 Å². The highest BCUT2D eigenvalue weighted by Crippen LogP contribution is 2.27. The van der Waals surface area contributed by atoms with Crippen LogP contribution in [-0.4, -0.2) is 145 Å². The maximum Gasteiger partial charge on any atom is 0.350 e. The maximum atomic E-state index is 13.1. The van der Waals surface area contributed by atoms with Gasteiger partial charge < -0.3 is 64.5 Å². The second-order valence-corrected chi connectivity index (χ2v) is 15.4. The molecule has 1 fully saturated rings. The average molecular weight is 859 g/mol. The van der Waals surface area contributed by atoms with Gasteiger partial charge in [-0.05, 0) is 37.8 Å². The lowest BCUT2D eigenvalue weighted by atomic mass is 9.98. The van der Waals surface area contributed by atoms with Crippen molar-refractivity contribution < 1.29 is 88.5 Å². The summed E-state index contributed by atoms with van der Waals surface area (Å²) in [4.78, 5) is 60.3. The Bertz CT molecular complexity index is 1470. The lowest BCUT2D eigenvalue weighted by Gasteiger charge is -2.42. The van der Waals surface area contributed by atoms with Crippen molar-refractivity contribution in [2.24, 2.45) is 0 Å². The van der Waals surface area contributed by atoms with Gasteiger partial charge in [0.05, 0.1) is 19.3 Å². The summed E-state index contributed by atoms with van der Waals surface area (Å²) in [5, 5.41) is 81.1. The third kappa shape index (κ3) is 18.1. The zero-order valence-electron chi connectivity index (χ0n) is 34.9. The van der Waals surface area contributed by atoms with E-state index in [-0.39, 0.29) is 23.5 Å². The standard InChI is InChI=1S/C42H66O18/c1-25(18-15-13-11-9-7-5-4-6-8-10-12-14-16-20-29(47)22-28-19-17-21-30(48)33(28)40(53)54)56-41(55)38(57-26(2)45)36(51)34(49)31(23-43)59-42-39(58-27(3)46)37(52)35(50)32(24-44)60-42/h17,19,21,25,31-32,34-39,42-44,48-52H,4-16,18,20,22-24H2,1-3H3,(H,53,54). The fourth-order valence-corrected chi connectivity index (χ4v) is 7.03. The molecule has 8 N–H and O–H groups in total. The number of benzene rings is 1. The van der Waals surface area contributed by atoms with Crippen molar-refractivity contribution in [1.82, 2.24) is 0 Å². The number of hydrogen-bond acceptors (Lipinski definition) is 17. The van der Waals surface area contributed by atoms with Gasteiger partial charge in [0.2, 0.25) is 6.10 Å². The van der Waals surface area contributed by atoms with Crippen LogP contribution in [0.3, 0.4) is 0 Å². The summed E-state index contributed by atoms with van der Waals surface area (Å²) in [6.45, 7) is 1.82. The highest BCUT2D eigenvalue weighted by atomic mass is 16.7. The van der Waals surface area contributed by atoms with Crippen molar-refractivity contribution in [3.8, 4) is 5.75 Å². The predicted octanol–water partition coefficient (Wildman–Crippen LogP) is 2.39. The largest absolute Gasteiger partial charge is 0.507 e. The first-order valence-corrected chi connectivity index (χ1v) is 20.9. The number of aromatic carboxylic acids is 1. The van der Waals surface area contributed by atoms with Crippen LogP contribution in [-0.2, 0) is 49.3 Å². The Morgan fingerprint density at radius 2 is 1.33 bits per heavy atom. The van der Waals surface area contributed by atoms with Crippen molar-refractivity contribution >= 4 is 29.7 Å². The molecule has 1 heterocycles. The van der Waals surface area contributed by atoms with Crippen LogP contribution in [0.1, 0.15) is 133 Å². The molecular weight excluding hydrogens is 792 g/mol. The molecule has 18 nitrogen and oxygen atoms in total. The third-order valence-corrected chi connectivity index (χ3v) is 10.3. The monoisotopic (exact) mass is 858 g/mol. The molecule has 18 heteroatoms. The average Bonchev–Trinajstić information content (AvgIpc) is 3.18. The molecule has 1 saturated heterocycles. The molecule has 1 aliphatic rings. The number of esters is 3. The van der Waals surface area contributed by atoms with E-state index >= 15 is 0 Å². The number of carbonyl (C=O) groups is 5. The zero-order chi connectivity index (χ0) is 44.8. The maximum absolute atomic E-state index is 13.1. The summed E-state index contributed by atoms with van der Waals surface area (Å²) in [6.07, 6.45) is -3.15. The first-order chi connectivity index (χ1) is 28.5. The summed E-state index contributed by atoms with van der Waals surface area (Å²) < 4.78 is 26.3. The number of unbranched alkanes of at least 4 members (excludes halogenated alkanes) is 12. The molecule has 2 rings (SSSR count). The molecule has 10 unspecified atom stereocenters. The van der Waals surface area contributed by atoms with E-state index in [9.17, 15) is 64.8 Å². The van der Waals surface area contributed by atoms with Crippen LogP contribution in [0.5, 0.6) is 5.75 Å². The zero-order valence-corrected chi connectivity index (χ0v) is 34.9. The van der Waals surface area contributed by atoms with Crippen molar-refractivity contribution in [3.63, 3.8) is 0 Å². The van der Waals surface area contributed by atoms with Crippen LogP contribution in [0.2, 0.25) is 0 Å². The Balaban J connectivity index is 1.64. The van der Waals surface area contributed by atoms with Gasteiger partial charge in [-0.25, -0.2) is 9.59 Å². The van der Waals surface area contributed by atoms with Crippen LogP contribution in [0.15, 0.2) is 18.2 Å². The molecular formula is C42H66O18. The molecule has 1 aromatic carbocycles. The topological polar surface area (TPSA) is 293 Å². The van der Waals surface area contributed by atoms with E-state index in [0.29, 0.717) is 18.4 Å². The van der Waals surface area contributed by atoms with Gasteiger partial charge in [0.15, 0.2) is 12.4 Å². The molecule has 0 aromatic heterocycles. The van der Waals surface area contributed by atoms with Crippen molar-refractivity contribution in [3.05, 3.63) is 29.3 Å². The highest BCUT2D eigenvalue weighted by Gasteiger charge is 2.49. The first kappa shape index (κ1) is 52.4. The fourth-order valence-electron chi connectivity index (χ4n) is 7.03. The summed E-state index contributed by atoms with van der Waals surface area (Å²) >= 11 is 0. The Morgan fingerprint density at radius 3 is 1.85 bits per heavy atom. The number of carbonyl (C=O) groups excluding carboxylic acids is 4. The van der Waals surface area contributed by atoms with Gasteiger partial charge in [-0.3, -0.25) is 14.4 Å². The molecule has 0 radical (unpaired) electrons. The lowest BCUT2D eigenvalue weighted by molar-refractivity contribution is -0.324. The fraction of sp³-hybridized carbons (Fsp3) is 0.738. The number of aliphatic hydroxyl groups excluding tert-OH is 6. The second kappa shape index (κ2) is 28.0. The highest BCUT2D eigenvalue weighted by molar-refractivity contribution is 5.94. The Hall–Kier alpha value is -3.75. The van der Waals surface area contributed by atoms with Crippen molar-refractivity contribution in [1.29, 1.82) is 0 Å². The van der Waals surface area contributed by atoms with E-state index in [1.807, 2.05) is 0 Å². The molecule has 1 aromatic rings. The molecule has 0 spiro atoms. The van der Waals surface area contributed by atoms with E-state index in [2.05, 4.69) is 0 Å². The number of aliphatic hydroxyl groups is 6. The molecule has 0 bridgehead atoms.